The fourth-order valence-corrected chi connectivity index (χ4v) is 8.25. The normalized spacial score (nSPS) is 14.3. The Labute approximate surface area is 238 Å². The third-order valence-electron chi connectivity index (χ3n) is 10.1. The maximum atomic E-state index is 2.48. The van der Waals surface area contributed by atoms with E-state index in [4.69, 9.17) is 0 Å². The fraction of sp³-hybridized carbons (Fsp3) is 0.0732. The van der Waals surface area contributed by atoms with Gasteiger partial charge in [0.15, 0.2) is 0 Å². The van der Waals surface area contributed by atoms with Gasteiger partial charge in [-0.2, -0.15) is 0 Å². The lowest BCUT2D eigenvalue weighted by atomic mass is 9.80. The predicted octanol–water partition coefficient (Wildman–Crippen LogP) is 11.4. The molecule has 8 aromatic carbocycles. The van der Waals surface area contributed by atoms with Crippen LogP contribution in [0.4, 0.5) is 0 Å². The van der Waals surface area contributed by atoms with Gasteiger partial charge in [0.05, 0.1) is 0 Å². The van der Waals surface area contributed by atoms with Crippen LogP contribution in [0.15, 0.2) is 121 Å². The van der Waals surface area contributed by atoms with Crippen molar-refractivity contribution in [2.24, 2.45) is 0 Å². The maximum absolute atomic E-state index is 2.48. The van der Waals surface area contributed by atoms with Crippen molar-refractivity contribution in [3.05, 3.63) is 132 Å². The summed E-state index contributed by atoms with van der Waals surface area (Å²) in [4.78, 5) is 0. The molecule has 0 aliphatic heterocycles. The lowest BCUT2D eigenvalue weighted by Gasteiger charge is -2.23. The molecule has 0 saturated carbocycles. The van der Waals surface area contributed by atoms with Crippen LogP contribution >= 0.6 is 0 Å². The summed E-state index contributed by atoms with van der Waals surface area (Å²) in [6, 6.07) is 46.0. The van der Waals surface area contributed by atoms with Gasteiger partial charge in [-0.25, -0.2) is 0 Å². The highest BCUT2D eigenvalue weighted by atomic mass is 14.4. The molecule has 8 aromatic rings. The van der Waals surface area contributed by atoms with E-state index in [9.17, 15) is 0 Å². The van der Waals surface area contributed by atoms with E-state index in [2.05, 4.69) is 135 Å². The van der Waals surface area contributed by atoms with Gasteiger partial charge in [-0.05, 0) is 111 Å². The third kappa shape index (κ3) is 2.57. The Hall–Kier alpha value is -4.94. The Balaban J connectivity index is 1.23. The van der Waals surface area contributed by atoms with Crippen LogP contribution in [-0.2, 0) is 5.41 Å². The first-order chi connectivity index (χ1) is 20.1. The van der Waals surface area contributed by atoms with Crippen molar-refractivity contribution >= 4 is 43.1 Å². The summed E-state index contributed by atoms with van der Waals surface area (Å²) in [6.07, 6.45) is 0. The lowest BCUT2D eigenvalue weighted by Crippen LogP contribution is -2.15. The highest BCUT2D eigenvalue weighted by Gasteiger charge is 2.37. The Morgan fingerprint density at radius 3 is 1.88 bits per heavy atom. The second-order valence-corrected chi connectivity index (χ2v) is 12.5. The van der Waals surface area contributed by atoms with Gasteiger partial charge in [-0.3, -0.25) is 0 Å². The van der Waals surface area contributed by atoms with E-state index in [0.717, 1.165) is 0 Å². The molecular formula is C41H26. The molecule has 2 aliphatic rings. The molecule has 0 bridgehead atoms. The van der Waals surface area contributed by atoms with Crippen LogP contribution in [0.2, 0.25) is 0 Å². The first-order valence-electron chi connectivity index (χ1n) is 14.6. The Morgan fingerprint density at radius 2 is 1.05 bits per heavy atom. The van der Waals surface area contributed by atoms with Gasteiger partial charge >= 0.3 is 0 Å². The van der Waals surface area contributed by atoms with Crippen LogP contribution in [0.5, 0.6) is 0 Å². The zero-order valence-corrected chi connectivity index (χ0v) is 23.0. The van der Waals surface area contributed by atoms with E-state index < -0.39 is 0 Å². The largest absolute Gasteiger partial charge is 0.0616 e. The second kappa shape index (κ2) is 7.22. The summed E-state index contributed by atoms with van der Waals surface area (Å²) in [5.74, 6) is 0. The first kappa shape index (κ1) is 21.8. The molecule has 190 valence electrons. The zero-order chi connectivity index (χ0) is 27.0. The Bertz CT molecular complexity index is 2390. The van der Waals surface area contributed by atoms with Gasteiger partial charge < -0.3 is 0 Å². The fourth-order valence-electron chi connectivity index (χ4n) is 8.25. The Kier molecular flexibility index (Phi) is 3.84. The third-order valence-corrected chi connectivity index (χ3v) is 10.1. The Morgan fingerprint density at radius 1 is 0.390 bits per heavy atom. The molecule has 0 heteroatoms. The molecule has 0 nitrogen and oxygen atoms in total. The van der Waals surface area contributed by atoms with Gasteiger partial charge in [-0.1, -0.05) is 123 Å². The topological polar surface area (TPSA) is 0 Å². The molecule has 0 amide bonds. The van der Waals surface area contributed by atoms with E-state index in [1.54, 1.807) is 0 Å². The molecule has 0 N–H and O–H groups in total. The van der Waals surface area contributed by atoms with Crippen LogP contribution in [0, 0.1) is 0 Å². The monoisotopic (exact) mass is 518 g/mol. The molecule has 0 heterocycles. The molecule has 2 aliphatic carbocycles. The zero-order valence-electron chi connectivity index (χ0n) is 23.0. The molecule has 41 heavy (non-hydrogen) atoms. The highest BCUT2D eigenvalue weighted by molar-refractivity contribution is 6.26. The number of hydrogen-bond donors (Lipinski definition) is 0. The van der Waals surface area contributed by atoms with E-state index in [1.165, 1.54) is 98.7 Å². The standard InChI is InChI=1S/C41H26/c1-41(2)35-21-25(27-19-20-32-29-10-4-3-9-28(29)31-12-6-11-30(27)39(31)32)16-17-33(35)40-34-18-15-24-8-5-7-23-13-14-26(22-36(40)41)38(34)37(23)24/h3-22H,1-2H3. The van der Waals surface area contributed by atoms with Crippen LogP contribution in [0.25, 0.3) is 87.6 Å². The van der Waals surface area contributed by atoms with Gasteiger partial charge in [0.1, 0.15) is 0 Å². The van der Waals surface area contributed by atoms with Gasteiger partial charge in [0, 0.05) is 5.41 Å². The summed E-state index contributed by atoms with van der Waals surface area (Å²) in [5.41, 5.74) is 13.6. The minimum atomic E-state index is -0.0871. The number of hydrogen-bond acceptors (Lipinski definition) is 0. The van der Waals surface area contributed by atoms with Crippen LogP contribution in [0.3, 0.4) is 0 Å². The van der Waals surface area contributed by atoms with E-state index in [-0.39, 0.29) is 5.41 Å². The minimum Gasteiger partial charge on any atom is -0.0616 e. The highest BCUT2D eigenvalue weighted by Crippen LogP contribution is 2.55. The molecule has 0 unspecified atom stereocenters. The van der Waals surface area contributed by atoms with Gasteiger partial charge in [0.25, 0.3) is 0 Å². The molecule has 0 atom stereocenters. The van der Waals surface area contributed by atoms with E-state index in [0.29, 0.717) is 0 Å². The first-order valence-corrected chi connectivity index (χ1v) is 14.6. The summed E-state index contributed by atoms with van der Waals surface area (Å²) in [5, 5.41) is 10.9. The van der Waals surface area contributed by atoms with Crippen molar-refractivity contribution in [3.63, 3.8) is 0 Å². The molecule has 10 rings (SSSR count). The summed E-state index contributed by atoms with van der Waals surface area (Å²) in [7, 11) is 0. The molecule has 0 aromatic heterocycles. The molecule has 0 fully saturated rings. The van der Waals surface area contributed by atoms with Crippen molar-refractivity contribution in [2.45, 2.75) is 19.3 Å². The second-order valence-electron chi connectivity index (χ2n) is 12.5. The summed E-state index contributed by atoms with van der Waals surface area (Å²) < 4.78 is 0. The number of fused-ring (bicyclic) bond motifs is 7. The van der Waals surface area contributed by atoms with Crippen molar-refractivity contribution < 1.29 is 0 Å². The molecule has 0 saturated heterocycles. The maximum Gasteiger partial charge on any atom is 0.0159 e. The predicted molar refractivity (Wildman–Crippen MR) is 175 cm³/mol. The summed E-state index contributed by atoms with van der Waals surface area (Å²) >= 11 is 0. The minimum absolute atomic E-state index is 0.0871. The summed E-state index contributed by atoms with van der Waals surface area (Å²) in [6.45, 7) is 4.81. The number of rotatable bonds is 1. The quantitative estimate of drug-likeness (QED) is 0.190. The van der Waals surface area contributed by atoms with Crippen molar-refractivity contribution in [1.29, 1.82) is 0 Å². The van der Waals surface area contributed by atoms with Crippen molar-refractivity contribution in [1.82, 2.24) is 0 Å². The van der Waals surface area contributed by atoms with E-state index >= 15 is 0 Å². The molecule has 0 radical (unpaired) electrons. The van der Waals surface area contributed by atoms with Gasteiger partial charge in [0.2, 0.25) is 0 Å². The van der Waals surface area contributed by atoms with Crippen LogP contribution in [0.1, 0.15) is 25.0 Å². The van der Waals surface area contributed by atoms with Crippen LogP contribution < -0.4 is 0 Å². The number of benzene rings is 8. The smallest absolute Gasteiger partial charge is 0.0159 e. The SMILES string of the molecule is CC1(C)c2cc(-c3ccc4c5c(cccc35)-c3ccccc3-4)ccc2-c2c1cc1ccc3cccc4ccc2c1c34. The lowest BCUT2D eigenvalue weighted by molar-refractivity contribution is 0.661. The van der Waals surface area contributed by atoms with Crippen molar-refractivity contribution in [2.75, 3.05) is 0 Å². The van der Waals surface area contributed by atoms with Gasteiger partial charge in [-0.15, -0.1) is 0 Å². The van der Waals surface area contributed by atoms with E-state index in [1.807, 2.05) is 0 Å². The van der Waals surface area contributed by atoms with Crippen LogP contribution in [-0.4, -0.2) is 0 Å². The molecular weight excluding hydrogens is 492 g/mol. The average molecular weight is 519 g/mol. The average Bonchev–Trinajstić information content (AvgIpc) is 3.46. The molecule has 0 spiro atoms. The van der Waals surface area contributed by atoms with Crippen molar-refractivity contribution in [3.8, 4) is 44.5 Å².